The van der Waals surface area contributed by atoms with E-state index in [0.717, 1.165) is 23.3 Å². The van der Waals surface area contributed by atoms with Crippen molar-refractivity contribution in [2.24, 2.45) is 0 Å². The molecule has 0 aliphatic carbocycles. The molecule has 0 bridgehead atoms. The van der Waals surface area contributed by atoms with Crippen LogP contribution in [-0.4, -0.2) is 35.9 Å². The third-order valence-corrected chi connectivity index (χ3v) is 6.00. The van der Waals surface area contributed by atoms with E-state index in [1.54, 1.807) is 12.1 Å². The Morgan fingerprint density at radius 2 is 1.93 bits per heavy atom. The normalized spacial score (nSPS) is 23.2. The first-order chi connectivity index (χ1) is 14.0. The molecule has 0 unspecified atom stereocenters. The van der Waals surface area contributed by atoms with Crippen LogP contribution in [-0.2, 0) is 21.5 Å². The summed E-state index contributed by atoms with van der Waals surface area (Å²) >= 11 is 0. The molecule has 29 heavy (non-hydrogen) atoms. The van der Waals surface area contributed by atoms with Crippen LogP contribution in [0.15, 0.2) is 48.5 Å². The number of benzene rings is 2. The van der Waals surface area contributed by atoms with Crippen LogP contribution in [0.3, 0.4) is 0 Å². The average molecular weight is 396 g/mol. The average Bonchev–Trinajstić information content (AvgIpc) is 3.28. The number of hydrogen-bond donors (Lipinski definition) is 1. The van der Waals surface area contributed by atoms with Gasteiger partial charge in [0.2, 0.25) is 11.8 Å². The molecule has 2 amide bonds. The van der Waals surface area contributed by atoms with E-state index in [9.17, 15) is 14.0 Å². The van der Waals surface area contributed by atoms with Gasteiger partial charge in [-0.25, -0.2) is 4.39 Å². The summed E-state index contributed by atoms with van der Waals surface area (Å²) in [6.45, 7) is 3.26. The Bertz CT molecular complexity index is 897. The number of hydrogen-bond acceptors (Lipinski definition) is 3. The van der Waals surface area contributed by atoms with E-state index >= 15 is 0 Å². The topological polar surface area (TPSA) is 58.6 Å². The minimum Gasteiger partial charge on any atom is -0.494 e. The highest BCUT2D eigenvalue weighted by Gasteiger charge is 2.53. The minimum absolute atomic E-state index is 0.0729. The molecule has 0 saturated carbocycles. The van der Waals surface area contributed by atoms with Gasteiger partial charge in [0.1, 0.15) is 11.6 Å². The van der Waals surface area contributed by atoms with Crippen LogP contribution in [0.1, 0.15) is 37.3 Å². The van der Waals surface area contributed by atoms with E-state index in [0.29, 0.717) is 32.5 Å². The number of carbonyl (C=O) groups is 2. The zero-order valence-corrected chi connectivity index (χ0v) is 16.5. The molecule has 2 saturated heterocycles. The molecule has 1 N–H and O–H groups in total. The lowest BCUT2D eigenvalue weighted by atomic mass is 9.77. The van der Waals surface area contributed by atoms with E-state index in [1.807, 2.05) is 36.1 Å². The van der Waals surface area contributed by atoms with Gasteiger partial charge in [0.15, 0.2) is 0 Å². The first-order valence-corrected chi connectivity index (χ1v) is 10.1. The molecule has 152 valence electrons. The quantitative estimate of drug-likeness (QED) is 0.816. The number of amides is 2. The van der Waals surface area contributed by atoms with Crippen molar-refractivity contribution in [2.45, 2.75) is 44.2 Å². The maximum absolute atomic E-state index is 13.5. The van der Waals surface area contributed by atoms with Gasteiger partial charge in [0, 0.05) is 25.6 Å². The molecule has 2 heterocycles. The van der Waals surface area contributed by atoms with Crippen molar-refractivity contribution in [3.05, 3.63) is 65.5 Å². The maximum Gasteiger partial charge on any atom is 0.232 e. The smallest absolute Gasteiger partial charge is 0.232 e. The van der Waals surface area contributed by atoms with Gasteiger partial charge in [-0.1, -0.05) is 24.3 Å². The van der Waals surface area contributed by atoms with Crippen LogP contribution in [0.4, 0.5) is 4.39 Å². The van der Waals surface area contributed by atoms with Crippen molar-refractivity contribution >= 4 is 11.8 Å². The van der Waals surface area contributed by atoms with Gasteiger partial charge >= 0.3 is 0 Å². The molecule has 0 radical (unpaired) electrons. The molecule has 0 aromatic heterocycles. The van der Waals surface area contributed by atoms with Crippen LogP contribution >= 0.6 is 0 Å². The predicted octanol–water partition coefficient (Wildman–Crippen LogP) is 3.17. The lowest BCUT2D eigenvalue weighted by molar-refractivity contribution is -0.129. The van der Waals surface area contributed by atoms with Crippen LogP contribution in [0, 0.1) is 5.82 Å². The van der Waals surface area contributed by atoms with Crippen LogP contribution in [0.25, 0.3) is 0 Å². The molecule has 5 nitrogen and oxygen atoms in total. The molecular weight excluding hydrogens is 371 g/mol. The second-order valence-corrected chi connectivity index (χ2v) is 7.77. The van der Waals surface area contributed by atoms with Crippen molar-refractivity contribution in [3.8, 4) is 5.75 Å². The highest BCUT2D eigenvalue weighted by molar-refractivity contribution is 5.91. The molecule has 2 atom stereocenters. The number of rotatable bonds is 6. The van der Waals surface area contributed by atoms with Crippen molar-refractivity contribution in [3.63, 3.8) is 0 Å². The Hall–Kier alpha value is -2.89. The van der Waals surface area contributed by atoms with Gasteiger partial charge in [0.25, 0.3) is 0 Å². The molecule has 2 aliphatic rings. The Morgan fingerprint density at radius 1 is 1.21 bits per heavy atom. The second kappa shape index (κ2) is 7.85. The summed E-state index contributed by atoms with van der Waals surface area (Å²) in [5.74, 6) is 0.423. The van der Waals surface area contributed by atoms with E-state index in [1.165, 1.54) is 12.1 Å². The summed E-state index contributed by atoms with van der Waals surface area (Å²) in [4.78, 5) is 27.4. The first kappa shape index (κ1) is 19.4. The lowest BCUT2D eigenvalue weighted by Gasteiger charge is -2.29. The summed E-state index contributed by atoms with van der Waals surface area (Å²) in [5.41, 5.74) is 0.871. The van der Waals surface area contributed by atoms with Gasteiger partial charge in [-0.15, -0.1) is 0 Å². The third-order valence-electron chi connectivity index (χ3n) is 6.00. The lowest BCUT2D eigenvalue weighted by Crippen LogP contribution is -2.46. The fourth-order valence-electron chi connectivity index (χ4n) is 4.48. The number of nitrogens with zero attached hydrogens (tertiary/aromatic N) is 1. The summed E-state index contributed by atoms with van der Waals surface area (Å²) in [7, 11) is 0. The van der Waals surface area contributed by atoms with E-state index in [2.05, 4.69) is 5.32 Å². The molecule has 4 rings (SSSR count). The highest BCUT2D eigenvalue weighted by Crippen LogP contribution is 2.43. The SMILES string of the molecule is CCOc1ccc(CNC(=O)[C@@]2(c3ccc(F)cc3)C[C@@H]3CCC(=O)N3C2)cc1. The molecule has 2 aromatic rings. The van der Waals surface area contributed by atoms with Gasteiger partial charge in [-0.2, -0.15) is 0 Å². The minimum atomic E-state index is -0.848. The summed E-state index contributed by atoms with van der Waals surface area (Å²) in [6, 6.07) is 13.8. The van der Waals surface area contributed by atoms with Gasteiger partial charge in [-0.3, -0.25) is 9.59 Å². The monoisotopic (exact) mass is 396 g/mol. The molecule has 2 aliphatic heterocycles. The molecule has 6 heteroatoms. The predicted molar refractivity (Wildman–Crippen MR) is 107 cm³/mol. The number of nitrogens with one attached hydrogen (secondary N) is 1. The summed E-state index contributed by atoms with van der Waals surface area (Å²) < 4.78 is 18.9. The fourth-order valence-corrected chi connectivity index (χ4v) is 4.48. The van der Waals surface area contributed by atoms with Crippen LogP contribution < -0.4 is 10.1 Å². The van der Waals surface area contributed by atoms with Crippen molar-refractivity contribution in [2.75, 3.05) is 13.2 Å². The number of halogens is 1. The van der Waals surface area contributed by atoms with Crippen LogP contribution in [0.5, 0.6) is 5.75 Å². The standard InChI is InChI=1S/C23H25FN2O3/c1-2-29-20-10-3-16(4-11-20)14-25-22(28)23(17-5-7-18(24)8-6-17)13-19-9-12-21(27)26(19)15-23/h3-8,10-11,19H,2,9,12-15H2,1H3,(H,25,28)/t19-,23-/m0/s1. The molecule has 2 aromatic carbocycles. The van der Waals surface area contributed by atoms with Crippen molar-refractivity contribution in [1.82, 2.24) is 10.2 Å². The number of ether oxygens (including phenoxy) is 1. The van der Waals surface area contributed by atoms with Crippen molar-refractivity contribution in [1.29, 1.82) is 0 Å². The molecule has 2 fully saturated rings. The second-order valence-electron chi connectivity index (χ2n) is 7.77. The zero-order chi connectivity index (χ0) is 20.4. The van der Waals surface area contributed by atoms with Gasteiger partial charge < -0.3 is 15.0 Å². The Labute approximate surface area is 169 Å². The molecule has 0 spiro atoms. The highest BCUT2D eigenvalue weighted by atomic mass is 19.1. The Morgan fingerprint density at radius 3 is 2.59 bits per heavy atom. The van der Waals surface area contributed by atoms with Gasteiger partial charge in [-0.05, 0) is 55.2 Å². The number of carbonyl (C=O) groups excluding carboxylic acids is 2. The maximum atomic E-state index is 13.5. The van der Waals surface area contributed by atoms with Gasteiger partial charge in [0.05, 0.1) is 12.0 Å². The summed E-state index contributed by atoms with van der Waals surface area (Å²) in [5, 5.41) is 3.04. The first-order valence-electron chi connectivity index (χ1n) is 10.1. The van der Waals surface area contributed by atoms with E-state index < -0.39 is 5.41 Å². The molecular formula is C23H25FN2O3. The van der Waals surface area contributed by atoms with E-state index in [4.69, 9.17) is 4.74 Å². The zero-order valence-electron chi connectivity index (χ0n) is 16.5. The Kier molecular flexibility index (Phi) is 5.26. The van der Waals surface area contributed by atoms with E-state index in [-0.39, 0.29) is 23.7 Å². The van der Waals surface area contributed by atoms with Crippen LogP contribution in [0.2, 0.25) is 0 Å². The Balaban J connectivity index is 1.54. The van der Waals surface area contributed by atoms with Crippen molar-refractivity contribution < 1.29 is 18.7 Å². The summed E-state index contributed by atoms with van der Waals surface area (Å²) in [6.07, 6.45) is 1.88. The number of fused-ring (bicyclic) bond motifs is 1. The third kappa shape index (κ3) is 3.71. The fraction of sp³-hybridized carbons (Fsp3) is 0.391. The largest absolute Gasteiger partial charge is 0.494 e.